The summed E-state index contributed by atoms with van der Waals surface area (Å²) in [4.78, 5) is 2.27. The van der Waals surface area contributed by atoms with Gasteiger partial charge in [0.2, 0.25) is 6.90 Å². The summed E-state index contributed by atoms with van der Waals surface area (Å²) in [6.45, 7) is 18.4. The molecule has 0 aliphatic rings. The largest absolute Gasteiger partial charge is 0.305 e. The molecule has 0 aliphatic carbocycles. The lowest BCUT2D eigenvalue weighted by Gasteiger charge is -2.40. The van der Waals surface area contributed by atoms with E-state index in [0.29, 0.717) is 0 Å². The van der Waals surface area contributed by atoms with Gasteiger partial charge in [0.1, 0.15) is 8.31 Å². The van der Waals surface area contributed by atoms with Crippen LogP contribution in [-0.2, 0) is 6.54 Å². The predicted octanol–water partition coefficient (Wildman–Crippen LogP) is 6.21. The Morgan fingerprint density at radius 1 is 0.600 bits per heavy atom. The van der Waals surface area contributed by atoms with Crippen molar-refractivity contribution in [1.29, 1.82) is 0 Å². The zero-order valence-corrected chi connectivity index (χ0v) is 29.1. The Morgan fingerprint density at radius 3 is 1.38 bits per heavy atom. The highest BCUT2D eigenvalue weighted by molar-refractivity contribution is 7.68. The van der Waals surface area contributed by atoms with Crippen LogP contribution < -0.4 is 20.7 Å². The average molecular weight is 583 g/mol. The maximum atomic E-state index is 8.71. The Kier molecular flexibility index (Phi) is 9.01. The van der Waals surface area contributed by atoms with Crippen LogP contribution in [0.5, 0.6) is 0 Å². The van der Waals surface area contributed by atoms with Gasteiger partial charge in [0.15, 0.2) is 0 Å². The predicted molar refractivity (Wildman–Crippen MR) is 182 cm³/mol. The van der Waals surface area contributed by atoms with Crippen LogP contribution in [0, 0.1) is 62.3 Å². The number of hydrogen-bond acceptors (Lipinski definition) is 1. The van der Waals surface area contributed by atoms with E-state index < -0.39 is 15.2 Å². The molecule has 0 aromatic heterocycles. The lowest BCUT2D eigenvalue weighted by Crippen LogP contribution is -2.76. The monoisotopic (exact) mass is 582 g/mol. The van der Waals surface area contributed by atoms with E-state index in [1.807, 2.05) is 0 Å². The van der Waals surface area contributed by atoms with Crippen LogP contribution in [-0.4, -0.2) is 34.2 Å². The van der Waals surface area contributed by atoms with Crippen molar-refractivity contribution < 1.29 is 0 Å². The third-order valence-corrected chi connectivity index (χ3v) is 22.1. The zero-order valence-electron chi connectivity index (χ0n) is 26.3. The minimum atomic E-state index is -2.95. The van der Waals surface area contributed by atoms with Gasteiger partial charge in [-0.2, -0.15) is 11.1 Å². The number of aryl methyl sites for hydroxylation is 9. The first-order valence-corrected chi connectivity index (χ1v) is 19.8. The second-order valence-corrected chi connectivity index (χ2v) is 22.8. The topological polar surface area (TPSA) is 3.24 Å². The Bertz CT molecular complexity index is 1440. The molecule has 0 bridgehead atoms. The van der Waals surface area contributed by atoms with Crippen molar-refractivity contribution in [3.63, 3.8) is 0 Å². The normalized spacial score (nSPS) is 13.2. The van der Waals surface area contributed by atoms with Crippen molar-refractivity contribution in [2.75, 3.05) is 14.1 Å². The van der Waals surface area contributed by atoms with Crippen molar-refractivity contribution in [3.8, 4) is 0 Å². The third-order valence-electron chi connectivity index (χ3n) is 8.10. The summed E-state index contributed by atoms with van der Waals surface area (Å²) < 4.78 is 0. The van der Waals surface area contributed by atoms with E-state index in [1.54, 1.807) is 0 Å². The van der Waals surface area contributed by atoms with Gasteiger partial charge >= 0.3 is 0 Å². The molecule has 4 aromatic rings. The first kappa shape index (κ1) is 30.5. The standard InChI is InChI=1S/C36H45ClNSi2/c1-23-16-26(4)34(27(5)17-23)39(35-28(6)18-24(2)19-29(35)7)40(37,36-30(8)20-25(3)21-31(36)9)33-15-13-12-14-32(33)22-38(10)11/h12-21H,22H2,1-11H3. The molecule has 0 saturated heterocycles. The van der Waals surface area contributed by atoms with Crippen LogP contribution in [0.1, 0.15) is 55.6 Å². The molecule has 209 valence electrons. The number of nitrogens with zero attached hydrogens (tertiary/aromatic N) is 1. The van der Waals surface area contributed by atoms with Crippen molar-refractivity contribution in [1.82, 2.24) is 4.90 Å². The van der Waals surface area contributed by atoms with E-state index in [-0.39, 0.29) is 0 Å². The van der Waals surface area contributed by atoms with Gasteiger partial charge < -0.3 is 4.90 Å². The summed E-state index contributed by atoms with van der Waals surface area (Å²) in [5.41, 5.74) is 13.4. The fraction of sp³-hybridized carbons (Fsp3) is 0.333. The lowest BCUT2D eigenvalue weighted by molar-refractivity contribution is 0.403. The van der Waals surface area contributed by atoms with Crippen LogP contribution in [0.3, 0.4) is 0 Å². The Balaban J connectivity index is 2.28. The van der Waals surface area contributed by atoms with Crippen LogP contribution in [0.4, 0.5) is 0 Å². The second kappa shape index (κ2) is 11.8. The molecule has 0 aliphatic heterocycles. The summed E-state index contributed by atoms with van der Waals surface area (Å²) in [7, 11) is 2.79. The Labute approximate surface area is 250 Å². The molecule has 0 spiro atoms. The number of benzene rings is 4. The first-order valence-electron chi connectivity index (χ1n) is 14.3. The van der Waals surface area contributed by atoms with Crippen LogP contribution in [0.2, 0.25) is 0 Å². The van der Waals surface area contributed by atoms with Crippen molar-refractivity contribution in [2.45, 2.75) is 68.9 Å². The van der Waals surface area contributed by atoms with E-state index in [9.17, 15) is 0 Å². The van der Waals surface area contributed by atoms with Crippen LogP contribution >= 0.6 is 11.1 Å². The van der Waals surface area contributed by atoms with Gasteiger partial charge in [-0.1, -0.05) is 110 Å². The molecule has 0 saturated carbocycles. The maximum Gasteiger partial charge on any atom is 0.215 e. The summed E-state index contributed by atoms with van der Waals surface area (Å²) in [6.07, 6.45) is 0. The highest BCUT2D eigenvalue weighted by Gasteiger charge is 2.51. The minimum absolute atomic E-state index is 0.870. The second-order valence-electron chi connectivity index (χ2n) is 12.2. The average Bonchev–Trinajstić information content (AvgIpc) is 2.81. The molecule has 4 rings (SSSR count). The fourth-order valence-corrected chi connectivity index (χ4v) is 23.9. The molecular weight excluding hydrogens is 538 g/mol. The number of hydrogen-bond donors (Lipinski definition) is 0. The first-order chi connectivity index (χ1) is 18.7. The van der Waals surface area contributed by atoms with Gasteiger partial charge in [0.05, 0.1) is 0 Å². The van der Waals surface area contributed by atoms with E-state index in [1.165, 1.54) is 76.4 Å². The molecule has 0 N–H and O–H groups in total. The minimum Gasteiger partial charge on any atom is -0.305 e. The van der Waals surface area contributed by atoms with Gasteiger partial charge in [-0.05, 0) is 103 Å². The van der Waals surface area contributed by atoms with E-state index in [2.05, 4.69) is 142 Å². The lowest BCUT2D eigenvalue weighted by atomic mass is 10.1. The molecule has 0 heterocycles. The fourth-order valence-electron chi connectivity index (χ4n) is 7.07. The van der Waals surface area contributed by atoms with Crippen molar-refractivity contribution in [3.05, 3.63) is 116 Å². The van der Waals surface area contributed by atoms with Gasteiger partial charge in [-0.25, -0.2) is 0 Å². The van der Waals surface area contributed by atoms with Gasteiger partial charge in [-0.15, -0.1) is 0 Å². The van der Waals surface area contributed by atoms with Crippen LogP contribution in [0.15, 0.2) is 60.7 Å². The van der Waals surface area contributed by atoms with E-state index >= 15 is 0 Å². The summed E-state index contributed by atoms with van der Waals surface area (Å²) in [6, 6.07) is 23.3. The zero-order chi connectivity index (χ0) is 29.5. The SMILES string of the molecule is Cc1cc(C)c([Si](c2c(C)cc(C)cc2C)[Si](Cl)(c2ccccc2CN(C)C)c2c(C)cc(C)cc2C)c(C)c1. The molecule has 0 amide bonds. The van der Waals surface area contributed by atoms with Gasteiger partial charge in [-0.3, -0.25) is 0 Å². The Morgan fingerprint density at radius 2 is 0.975 bits per heavy atom. The highest BCUT2D eigenvalue weighted by Crippen LogP contribution is 2.26. The van der Waals surface area contributed by atoms with Gasteiger partial charge in [0, 0.05) is 6.54 Å². The quantitative estimate of drug-likeness (QED) is 0.185. The molecule has 1 atom stereocenters. The molecule has 1 nitrogen and oxygen atoms in total. The van der Waals surface area contributed by atoms with Crippen molar-refractivity contribution in [2.24, 2.45) is 0 Å². The summed E-state index contributed by atoms with van der Waals surface area (Å²) in [5, 5.41) is 5.75. The molecular formula is C36H45ClNSi2. The number of halogens is 1. The molecule has 40 heavy (non-hydrogen) atoms. The molecule has 0 fully saturated rings. The summed E-state index contributed by atoms with van der Waals surface area (Å²) in [5.74, 6) is 0. The Hall–Kier alpha value is -2.44. The third kappa shape index (κ3) is 5.67. The molecule has 4 aromatic carbocycles. The van der Waals surface area contributed by atoms with Crippen LogP contribution in [0.25, 0.3) is 0 Å². The maximum absolute atomic E-state index is 8.71. The molecule has 1 unspecified atom stereocenters. The molecule has 1 radical (unpaired) electrons. The van der Waals surface area contributed by atoms with E-state index in [0.717, 1.165) is 6.54 Å². The van der Waals surface area contributed by atoms with Crippen molar-refractivity contribution >= 4 is 47.0 Å². The summed E-state index contributed by atoms with van der Waals surface area (Å²) >= 11 is 8.71. The van der Waals surface area contributed by atoms with E-state index in [4.69, 9.17) is 11.1 Å². The van der Waals surface area contributed by atoms with Gasteiger partial charge in [0.25, 0.3) is 0 Å². The number of rotatable bonds is 7. The molecule has 4 heteroatoms. The highest BCUT2D eigenvalue weighted by atomic mass is 35.6. The smallest absolute Gasteiger partial charge is 0.215 e.